The molecule has 0 aliphatic heterocycles. The molecule has 1 aromatic carbocycles. The summed E-state index contributed by atoms with van der Waals surface area (Å²) in [6.07, 6.45) is 4.54. The van der Waals surface area contributed by atoms with Gasteiger partial charge in [-0.25, -0.2) is 4.79 Å². The molecule has 0 aliphatic rings. The fraction of sp³-hybridized carbons (Fsp3) is 0.611. The molecule has 0 saturated carbocycles. The molecule has 0 fully saturated rings. The maximum atomic E-state index is 11.6. The van der Waals surface area contributed by atoms with E-state index in [1.165, 1.54) is 0 Å². The maximum Gasteiger partial charge on any atom is 0.340 e. The molecule has 0 aliphatic carbocycles. The smallest absolute Gasteiger partial charge is 0.340 e. The highest BCUT2D eigenvalue weighted by Gasteiger charge is 2.29. The van der Waals surface area contributed by atoms with E-state index in [1.54, 1.807) is 0 Å². The largest absolute Gasteiger partial charge is 0.504 e. The molecule has 0 radical (unpaired) electrons. The Labute approximate surface area is 143 Å². The lowest BCUT2D eigenvalue weighted by Crippen LogP contribution is -2.10. The van der Waals surface area contributed by atoms with E-state index in [1.807, 2.05) is 13.8 Å². The van der Waals surface area contributed by atoms with Gasteiger partial charge in [0.25, 0.3) is 0 Å². The number of carbonyl (C=O) groups is 1. The molecule has 0 heterocycles. The summed E-state index contributed by atoms with van der Waals surface area (Å²) in [4.78, 5) is 11.6. The molecule has 0 bridgehead atoms. The van der Waals surface area contributed by atoms with Crippen LogP contribution in [0.15, 0.2) is 0 Å². The third kappa shape index (κ3) is 4.69. The van der Waals surface area contributed by atoms with E-state index < -0.39 is 17.5 Å². The topological polar surface area (TPSA) is 96.2 Å². The van der Waals surface area contributed by atoms with Gasteiger partial charge in [-0.1, -0.05) is 33.6 Å². The van der Waals surface area contributed by atoms with Crippen molar-refractivity contribution in [1.29, 1.82) is 0 Å². The predicted molar refractivity (Wildman–Crippen MR) is 91.5 cm³/mol. The molecule has 136 valence electrons. The van der Waals surface area contributed by atoms with E-state index in [4.69, 9.17) is 9.47 Å². The van der Waals surface area contributed by atoms with Crippen molar-refractivity contribution in [3.8, 4) is 23.0 Å². The first-order valence-corrected chi connectivity index (χ1v) is 8.59. The zero-order valence-corrected chi connectivity index (χ0v) is 14.7. The van der Waals surface area contributed by atoms with Gasteiger partial charge in [0, 0.05) is 5.56 Å². The number of phenolic OH excluding ortho intramolecular Hbond substituents is 1. The van der Waals surface area contributed by atoms with Crippen molar-refractivity contribution in [2.75, 3.05) is 13.2 Å². The second-order valence-electron chi connectivity index (χ2n) is 5.67. The first-order chi connectivity index (χ1) is 11.5. The van der Waals surface area contributed by atoms with Crippen LogP contribution >= 0.6 is 0 Å². The quantitative estimate of drug-likeness (QED) is 0.414. The third-order valence-corrected chi connectivity index (χ3v) is 3.60. The van der Waals surface area contributed by atoms with Crippen LogP contribution in [0, 0.1) is 0 Å². The van der Waals surface area contributed by atoms with Gasteiger partial charge in [-0.2, -0.15) is 0 Å². The standard InChI is InChI=1S/C18H28O6/c1-4-7-8-9-12-13(18(21)22)14(19)15(20)17(24-11-6-3)16(12)23-10-5-2/h19-20H,4-11H2,1-3H3,(H,21,22). The Kier molecular flexibility index (Phi) is 8.22. The summed E-state index contributed by atoms with van der Waals surface area (Å²) in [5.41, 5.74) is 0.0735. The van der Waals surface area contributed by atoms with Crippen molar-refractivity contribution in [2.24, 2.45) is 0 Å². The summed E-state index contributed by atoms with van der Waals surface area (Å²) in [6, 6.07) is 0. The number of unbranched alkanes of at least 4 members (excludes halogenated alkanes) is 2. The molecule has 0 amide bonds. The lowest BCUT2D eigenvalue weighted by atomic mass is 9.97. The van der Waals surface area contributed by atoms with Crippen molar-refractivity contribution in [2.45, 2.75) is 59.3 Å². The minimum atomic E-state index is -1.29. The third-order valence-electron chi connectivity index (χ3n) is 3.60. The number of hydrogen-bond donors (Lipinski definition) is 3. The Balaban J connectivity index is 3.48. The van der Waals surface area contributed by atoms with Gasteiger partial charge in [-0.05, 0) is 25.7 Å². The lowest BCUT2D eigenvalue weighted by Gasteiger charge is -2.20. The first-order valence-electron chi connectivity index (χ1n) is 8.59. The van der Waals surface area contributed by atoms with Crippen LogP contribution in [0.4, 0.5) is 0 Å². The SMILES string of the molecule is CCCCCc1c(OCCC)c(OCCC)c(O)c(O)c1C(=O)O. The van der Waals surface area contributed by atoms with Crippen LogP contribution in [0.25, 0.3) is 0 Å². The Morgan fingerprint density at radius 1 is 0.875 bits per heavy atom. The van der Waals surface area contributed by atoms with Gasteiger partial charge in [0.05, 0.1) is 13.2 Å². The highest BCUT2D eigenvalue weighted by Crippen LogP contribution is 2.49. The number of carboxylic acid groups (broad SMARTS) is 1. The fourth-order valence-electron chi connectivity index (χ4n) is 2.44. The molecule has 6 heteroatoms. The number of aromatic carboxylic acids is 1. The molecular weight excluding hydrogens is 312 g/mol. The predicted octanol–water partition coefficient (Wildman–Crippen LogP) is 4.11. The average molecular weight is 340 g/mol. The average Bonchev–Trinajstić information content (AvgIpc) is 2.55. The van der Waals surface area contributed by atoms with Crippen molar-refractivity contribution < 1.29 is 29.6 Å². The molecule has 0 saturated heterocycles. The van der Waals surface area contributed by atoms with Crippen LogP contribution in [0.1, 0.15) is 68.8 Å². The Morgan fingerprint density at radius 3 is 1.96 bits per heavy atom. The number of phenols is 2. The maximum absolute atomic E-state index is 11.6. The lowest BCUT2D eigenvalue weighted by molar-refractivity contribution is 0.0690. The Hall–Kier alpha value is -2.11. The molecule has 0 unspecified atom stereocenters. The van der Waals surface area contributed by atoms with E-state index in [0.29, 0.717) is 31.6 Å². The fourth-order valence-corrected chi connectivity index (χ4v) is 2.44. The Bertz CT molecular complexity index is 553. The van der Waals surface area contributed by atoms with E-state index in [-0.39, 0.29) is 17.1 Å². The number of aromatic hydroxyl groups is 2. The van der Waals surface area contributed by atoms with Crippen molar-refractivity contribution in [3.63, 3.8) is 0 Å². The summed E-state index contributed by atoms with van der Waals surface area (Å²) < 4.78 is 11.3. The zero-order chi connectivity index (χ0) is 18.1. The molecule has 6 nitrogen and oxygen atoms in total. The first kappa shape index (κ1) is 19.9. The van der Waals surface area contributed by atoms with Gasteiger partial charge in [0.2, 0.25) is 11.5 Å². The van der Waals surface area contributed by atoms with Crippen LogP contribution in [0.3, 0.4) is 0 Å². The van der Waals surface area contributed by atoms with Crippen molar-refractivity contribution in [1.82, 2.24) is 0 Å². The number of hydrogen-bond acceptors (Lipinski definition) is 5. The minimum absolute atomic E-state index is 0.0271. The van der Waals surface area contributed by atoms with Gasteiger partial charge >= 0.3 is 5.97 Å². The number of carboxylic acids is 1. The van der Waals surface area contributed by atoms with E-state index in [0.717, 1.165) is 25.7 Å². The van der Waals surface area contributed by atoms with Crippen LogP contribution in [-0.4, -0.2) is 34.5 Å². The molecule has 0 aromatic heterocycles. The Morgan fingerprint density at radius 2 is 1.46 bits per heavy atom. The number of ether oxygens (including phenoxy) is 2. The normalized spacial score (nSPS) is 10.6. The van der Waals surface area contributed by atoms with Crippen LogP contribution in [-0.2, 0) is 6.42 Å². The summed E-state index contributed by atoms with van der Waals surface area (Å²) in [7, 11) is 0. The van der Waals surface area contributed by atoms with E-state index in [9.17, 15) is 20.1 Å². The molecule has 24 heavy (non-hydrogen) atoms. The van der Waals surface area contributed by atoms with Gasteiger partial charge < -0.3 is 24.8 Å². The van der Waals surface area contributed by atoms with Crippen LogP contribution in [0.5, 0.6) is 23.0 Å². The van der Waals surface area contributed by atoms with E-state index in [2.05, 4.69) is 6.92 Å². The van der Waals surface area contributed by atoms with E-state index >= 15 is 0 Å². The van der Waals surface area contributed by atoms with Gasteiger partial charge in [0.15, 0.2) is 11.5 Å². The summed E-state index contributed by atoms with van der Waals surface area (Å²) in [6.45, 7) is 6.60. The highest BCUT2D eigenvalue weighted by molar-refractivity contribution is 5.95. The summed E-state index contributed by atoms with van der Waals surface area (Å²) in [5.74, 6) is -2.28. The van der Waals surface area contributed by atoms with Gasteiger partial charge in [0.1, 0.15) is 5.56 Å². The second-order valence-corrected chi connectivity index (χ2v) is 5.67. The summed E-state index contributed by atoms with van der Waals surface area (Å²) >= 11 is 0. The van der Waals surface area contributed by atoms with Crippen molar-refractivity contribution >= 4 is 5.97 Å². The molecule has 0 spiro atoms. The van der Waals surface area contributed by atoms with Gasteiger partial charge in [-0.15, -0.1) is 0 Å². The molecule has 0 atom stereocenters. The van der Waals surface area contributed by atoms with Crippen molar-refractivity contribution in [3.05, 3.63) is 11.1 Å². The zero-order valence-electron chi connectivity index (χ0n) is 14.7. The highest BCUT2D eigenvalue weighted by atomic mass is 16.5. The van der Waals surface area contributed by atoms with Crippen LogP contribution < -0.4 is 9.47 Å². The minimum Gasteiger partial charge on any atom is -0.504 e. The van der Waals surface area contributed by atoms with Gasteiger partial charge in [-0.3, -0.25) is 0 Å². The molecule has 1 rings (SSSR count). The summed E-state index contributed by atoms with van der Waals surface area (Å²) in [5, 5.41) is 29.9. The molecule has 3 N–H and O–H groups in total. The number of benzene rings is 1. The molecule has 1 aromatic rings. The second kappa shape index (κ2) is 9.90. The number of rotatable bonds is 11. The van der Waals surface area contributed by atoms with Crippen LogP contribution in [0.2, 0.25) is 0 Å². The monoisotopic (exact) mass is 340 g/mol. The molecular formula is C18H28O6.